The largest absolute Gasteiger partial charge is 0.378 e. The molecule has 0 unspecified atom stereocenters. The standard InChI is InChI=1S/C28H23FN4O/c29-22-12-10-21(11-13-22)27-28(24-9-5-4-8-23(24)20-6-2-1-3-7-20)33-25(30-27)14-15-26(31-33)32-16-18-34-19-17-32/h1-15H,16-19H2. The fourth-order valence-corrected chi connectivity index (χ4v) is 4.49. The lowest BCUT2D eigenvalue weighted by Crippen LogP contribution is -2.37. The lowest BCUT2D eigenvalue weighted by Gasteiger charge is -2.27. The van der Waals surface area contributed by atoms with E-state index in [4.69, 9.17) is 14.8 Å². The Hall–Kier alpha value is -4.03. The summed E-state index contributed by atoms with van der Waals surface area (Å²) < 4.78 is 21.2. The fraction of sp³-hybridized carbons (Fsp3) is 0.143. The molecule has 0 saturated carbocycles. The van der Waals surface area contributed by atoms with Gasteiger partial charge >= 0.3 is 0 Å². The van der Waals surface area contributed by atoms with Crippen molar-refractivity contribution in [2.75, 3.05) is 31.2 Å². The summed E-state index contributed by atoms with van der Waals surface area (Å²) in [6.07, 6.45) is 0. The first-order valence-electron chi connectivity index (χ1n) is 11.4. The van der Waals surface area contributed by atoms with Crippen molar-refractivity contribution in [2.45, 2.75) is 0 Å². The highest BCUT2D eigenvalue weighted by Gasteiger charge is 2.21. The minimum atomic E-state index is -0.272. The highest BCUT2D eigenvalue weighted by atomic mass is 19.1. The maximum Gasteiger partial charge on any atom is 0.155 e. The first kappa shape index (κ1) is 20.6. The van der Waals surface area contributed by atoms with Gasteiger partial charge in [-0.1, -0.05) is 54.6 Å². The lowest BCUT2D eigenvalue weighted by atomic mass is 9.95. The molecule has 5 aromatic rings. The quantitative estimate of drug-likeness (QED) is 0.352. The molecule has 3 aromatic carbocycles. The van der Waals surface area contributed by atoms with Crippen LogP contribution in [0.3, 0.4) is 0 Å². The van der Waals surface area contributed by atoms with E-state index in [-0.39, 0.29) is 5.82 Å². The SMILES string of the molecule is Fc1ccc(-c2nc3ccc(N4CCOCC4)nn3c2-c2ccccc2-c2ccccc2)cc1. The van der Waals surface area contributed by atoms with Crippen molar-refractivity contribution in [2.24, 2.45) is 0 Å². The van der Waals surface area contributed by atoms with E-state index in [1.54, 1.807) is 12.1 Å². The van der Waals surface area contributed by atoms with Gasteiger partial charge in [0.15, 0.2) is 5.65 Å². The van der Waals surface area contributed by atoms with Crippen LogP contribution < -0.4 is 4.90 Å². The Balaban J connectivity index is 1.61. The summed E-state index contributed by atoms with van der Waals surface area (Å²) in [5.41, 5.74) is 6.47. The van der Waals surface area contributed by atoms with E-state index in [0.717, 1.165) is 58.2 Å². The average molecular weight is 451 g/mol. The molecule has 6 heteroatoms. The summed E-state index contributed by atoms with van der Waals surface area (Å²) in [7, 11) is 0. The normalized spacial score (nSPS) is 14.0. The van der Waals surface area contributed by atoms with Gasteiger partial charge in [0.1, 0.15) is 17.3 Å². The molecule has 0 N–H and O–H groups in total. The second-order valence-electron chi connectivity index (χ2n) is 8.29. The molecule has 1 aliphatic rings. The molecule has 0 aliphatic carbocycles. The molecule has 2 aromatic heterocycles. The predicted molar refractivity (Wildman–Crippen MR) is 132 cm³/mol. The van der Waals surface area contributed by atoms with Gasteiger partial charge in [-0.3, -0.25) is 0 Å². The van der Waals surface area contributed by atoms with Crippen LogP contribution in [0.1, 0.15) is 0 Å². The van der Waals surface area contributed by atoms with Crippen LogP contribution in [0.5, 0.6) is 0 Å². The van der Waals surface area contributed by atoms with Gasteiger partial charge in [0.25, 0.3) is 0 Å². The zero-order chi connectivity index (χ0) is 22.9. The number of hydrogen-bond acceptors (Lipinski definition) is 4. The van der Waals surface area contributed by atoms with E-state index in [9.17, 15) is 4.39 Å². The first-order valence-corrected chi connectivity index (χ1v) is 11.4. The fourth-order valence-electron chi connectivity index (χ4n) is 4.49. The molecule has 0 bridgehead atoms. The number of hydrogen-bond donors (Lipinski definition) is 0. The Morgan fingerprint density at radius 2 is 1.41 bits per heavy atom. The number of fused-ring (bicyclic) bond motifs is 1. The molecular formula is C28H23FN4O. The number of rotatable bonds is 4. The molecule has 3 heterocycles. The number of aromatic nitrogens is 3. The predicted octanol–water partition coefficient (Wildman–Crippen LogP) is 5.71. The van der Waals surface area contributed by atoms with Gasteiger partial charge in [0.2, 0.25) is 0 Å². The number of anilines is 1. The lowest BCUT2D eigenvalue weighted by molar-refractivity contribution is 0.122. The van der Waals surface area contributed by atoms with Crippen LogP contribution in [-0.2, 0) is 4.74 Å². The number of nitrogens with zero attached hydrogens (tertiary/aromatic N) is 4. The molecule has 1 saturated heterocycles. The molecule has 1 fully saturated rings. The molecular weight excluding hydrogens is 427 g/mol. The Morgan fingerprint density at radius 3 is 2.18 bits per heavy atom. The summed E-state index contributed by atoms with van der Waals surface area (Å²) in [6.45, 7) is 2.98. The van der Waals surface area contributed by atoms with Gasteiger partial charge in [-0.05, 0) is 47.5 Å². The van der Waals surface area contributed by atoms with Crippen LogP contribution in [0.2, 0.25) is 0 Å². The van der Waals surface area contributed by atoms with Crippen LogP contribution in [0.4, 0.5) is 10.2 Å². The van der Waals surface area contributed by atoms with E-state index in [1.807, 2.05) is 47.0 Å². The second kappa shape index (κ2) is 8.72. The minimum absolute atomic E-state index is 0.272. The van der Waals surface area contributed by atoms with E-state index in [2.05, 4.69) is 29.2 Å². The molecule has 0 radical (unpaired) electrons. The van der Waals surface area contributed by atoms with Gasteiger partial charge in [-0.25, -0.2) is 13.9 Å². The molecule has 168 valence electrons. The maximum absolute atomic E-state index is 13.7. The Kier molecular flexibility index (Phi) is 5.28. The highest BCUT2D eigenvalue weighted by molar-refractivity contribution is 5.90. The summed E-state index contributed by atoms with van der Waals surface area (Å²) in [6, 6.07) is 29.1. The van der Waals surface area contributed by atoms with E-state index in [0.29, 0.717) is 13.2 Å². The van der Waals surface area contributed by atoms with Gasteiger partial charge in [0.05, 0.1) is 18.9 Å². The summed E-state index contributed by atoms with van der Waals surface area (Å²) >= 11 is 0. The number of halogens is 1. The third kappa shape index (κ3) is 3.72. The van der Waals surface area contributed by atoms with Gasteiger partial charge < -0.3 is 9.64 Å². The third-order valence-corrected chi connectivity index (χ3v) is 6.18. The first-order chi connectivity index (χ1) is 16.8. The van der Waals surface area contributed by atoms with Crippen molar-refractivity contribution in [3.63, 3.8) is 0 Å². The minimum Gasteiger partial charge on any atom is -0.378 e. The number of benzene rings is 3. The monoisotopic (exact) mass is 450 g/mol. The smallest absolute Gasteiger partial charge is 0.155 e. The second-order valence-corrected chi connectivity index (χ2v) is 8.29. The highest BCUT2D eigenvalue weighted by Crippen LogP contribution is 2.38. The summed E-state index contributed by atoms with van der Waals surface area (Å²) in [5.74, 6) is 0.615. The van der Waals surface area contributed by atoms with Crippen LogP contribution >= 0.6 is 0 Å². The molecule has 34 heavy (non-hydrogen) atoms. The van der Waals surface area contributed by atoms with Crippen molar-refractivity contribution in [3.05, 3.63) is 96.8 Å². The van der Waals surface area contributed by atoms with E-state index < -0.39 is 0 Å². The molecule has 6 rings (SSSR count). The van der Waals surface area contributed by atoms with Crippen molar-refractivity contribution in [3.8, 4) is 33.6 Å². The van der Waals surface area contributed by atoms with Crippen LogP contribution in [0, 0.1) is 5.82 Å². The Bertz CT molecular complexity index is 1440. The van der Waals surface area contributed by atoms with Crippen LogP contribution in [-0.4, -0.2) is 40.9 Å². The van der Waals surface area contributed by atoms with Crippen molar-refractivity contribution < 1.29 is 9.13 Å². The molecule has 5 nitrogen and oxygen atoms in total. The van der Waals surface area contributed by atoms with E-state index in [1.165, 1.54) is 12.1 Å². The number of imidazole rings is 1. The van der Waals surface area contributed by atoms with Crippen LogP contribution in [0.25, 0.3) is 39.3 Å². The van der Waals surface area contributed by atoms with Gasteiger partial charge in [-0.15, -0.1) is 5.10 Å². The van der Waals surface area contributed by atoms with Gasteiger partial charge in [-0.2, -0.15) is 0 Å². The average Bonchev–Trinajstić information content (AvgIpc) is 3.29. The van der Waals surface area contributed by atoms with Crippen LogP contribution in [0.15, 0.2) is 91.0 Å². The molecule has 0 atom stereocenters. The van der Waals surface area contributed by atoms with Crippen molar-refractivity contribution in [1.82, 2.24) is 14.6 Å². The number of ether oxygens (including phenoxy) is 1. The Labute approximate surface area is 197 Å². The maximum atomic E-state index is 13.7. The topological polar surface area (TPSA) is 42.7 Å². The van der Waals surface area contributed by atoms with Gasteiger partial charge in [0, 0.05) is 24.2 Å². The zero-order valence-electron chi connectivity index (χ0n) is 18.6. The zero-order valence-corrected chi connectivity index (χ0v) is 18.6. The Morgan fingerprint density at radius 1 is 0.706 bits per heavy atom. The molecule has 0 spiro atoms. The van der Waals surface area contributed by atoms with Crippen molar-refractivity contribution in [1.29, 1.82) is 0 Å². The van der Waals surface area contributed by atoms with Crippen molar-refractivity contribution >= 4 is 11.5 Å². The summed E-state index contributed by atoms with van der Waals surface area (Å²) in [4.78, 5) is 7.17. The summed E-state index contributed by atoms with van der Waals surface area (Å²) in [5, 5.41) is 5.02. The van der Waals surface area contributed by atoms with E-state index >= 15 is 0 Å². The third-order valence-electron chi connectivity index (χ3n) is 6.18. The molecule has 0 amide bonds. The number of morpholine rings is 1. The molecule has 1 aliphatic heterocycles.